The van der Waals surface area contributed by atoms with Crippen LogP contribution in [0.5, 0.6) is 0 Å². The fourth-order valence-electron chi connectivity index (χ4n) is 1.73. The van der Waals surface area contributed by atoms with Crippen LogP contribution in [0.15, 0.2) is 0 Å². The highest BCUT2D eigenvalue weighted by molar-refractivity contribution is 6.06. The fourth-order valence-corrected chi connectivity index (χ4v) is 1.73. The molecule has 1 fully saturated rings. The molecule has 1 heterocycles. The minimum Gasteiger partial charge on any atom is -0.299 e. The van der Waals surface area contributed by atoms with Crippen molar-refractivity contribution in [3.8, 4) is 0 Å². The van der Waals surface area contributed by atoms with Crippen LogP contribution >= 0.6 is 0 Å². The zero-order chi connectivity index (χ0) is 10.7. The maximum Gasteiger partial charge on any atom is 0.239 e. The first-order chi connectivity index (χ1) is 6.54. The third-order valence-electron chi connectivity index (χ3n) is 2.56. The number of hydrogen-bond donors (Lipinski definition) is 0. The van der Waals surface area contributed by atoms with Gasteiger partial charge in [0.05, 0.1) is 5.92 Å². The van der Waals surface area contributed by atoms with Crippen molar-refractivity contribution in [2.24, 2.45) is 5.92 Å². The van der Waals surface area contributed by atoms with E-state index >= 15 is 0 Å². The monoisotopic (exact) mass is 197 g/mol. The summed E-state index contributed by atoms with van der Waals surface area (Å²) in [6.45, 7) is 3.23. The number of carbonyl (C=O) groups is 3. The molecule has 0 spiro atoms. The molecule has 1 rings (SSSR count). The van der Waals surface area contributed by atoms with Crippen LogP contribution < -0.4 is 0 Å². The summed E-state index contributed by atoms with van der Waals surface area (Å²) in [6.07, 6.45) is 2.22. The Hall–Kier alpha value is -1.19. The number of nitrogens with zero attached hydrogens (tertiary/aromatic N) is 1. The molecule has 78 valence electrons. The maximum atomic E-state index is 11.7. The molecule has 4 nitrogen and oxygen atoms in total. The van der Waals surface area contributed by atoms with Gasteiger partial charge in [0.15, 0.2) is 0 Å². The third kappa shape index (κ3) is 2.19. The van der Waals surface area contributed by atoms with Gasteiger partial charge in [-0.2, -0.15) is 0 Å². The number of hydrogen-bond acceptors (Lipinski definition) is 3. The standard InChI is InChI=1S/C10H15NO3/c1-7(12)9-5-3-4-6-11(8(2)13)10(9)14/h9H,3-6H2,1-2H3. The summed E-state index contributed by atoms with van der Waals surface area (Å²) in [6, 6.07) is 0. The summed E-state index contributed by atoms with van der Waals surface area (Å²) >= 11 is 0. The molecule has 0 saturated carbocycles. The predicted octanol–water partition coefficient (Wildman–Crippen LogP) is 0.751. The van der Waals surface area contributed by atoms with Crippen molar-refractivity contribution < 1.29 is 14.4 Å². The summed E-state index contributed by atoms with van der Waals surface area (Å²) in [4.78, 5) is 35.2. The number of likely N-dealkylation sites (tertiary alicyclic amines) is 1. The first-order valence-electron chi connectivity index (χ1n) is 4.86. The Kier molecular flexibility index (Phi) is 3.38. The van der Waals surface area contributed by atoms with Crippen LogP contribution in [0.3, 0.4) is 0 Å². The normalized spacial score (nSPS) is 23.1. The van der Waals surface area contributed by atoms with E-state index in [-0.39, 0.29) is 17.6 Å². The SMILES string of the molecule is CC(=O)C1CCCCN(C(C)=O)C1=O. The molecule has 0 aromatic rings. The molecule has 0 N–H and O–H groups in total. The van der Waals surface area contributed by atoms with Crippen molar-refractivity contribution in [3.05, 3.63) is 0 Å². The summed E-state index contributed by atoms with van der Waals surface area (Å²) in [7, 11) is 0. The van der Waals surface area contributed by atoms with Gasteiger partial charge in [-0.15, -0.1) is 0 Å². The molecular formula is C10H15NO3. The molecule has 1 aliphatic heterocycles. The van der Waals surface area contributed by atoms with Gasteiger partial charge in [0.1, 0.15) is 5.78 Å². The zero-order valence-electron chi connectivity index (χ0n) is 8.58. The lowest BCUT2D eigenvalue weighted by atomic mass is 9.98. The number of Topliss-reactive ketones (excluding diaryl/α,β-unsaturated/α-hetero) is 1. The van der Waals surface area contributed by atoms with Crippen LogP contribution in [0.2, 0.25) is 0 Å². The van der Waals surface area contributed by atoms with Crippen LogP contribution in [-0.4, -0.2) is 29.0 Å². The van der Waals surface area contributed by atoms with Gasteiger partial charge in [-0.3, -0.25) is 19.3 Å². The predicted molar refractivity (Wildman–Crippen MR) is 50.4 cm³/mol. The van der Waals surface area contributed by atoms with E-state index < -0.39 is 5.92 Å². The highest BCUT2D eigenvalue weighted by atomic mass is 16.2. The molecule has 0 aromatic heterocycles. The molecule has 2 amide bonds. The molecule has 1 unspecified atom stereocenters. The van der Waals surface area contributed by atoms with Crippen LogP contribution in [-0.2, 0) is 14.4 Å². The number of carbonyl (C=O) groups excluding carboxylic acids is 3. The average Bonchev–Trinajstić information content (AvgIpc) is 2.26. The molecule has 1 saturated heterocycles. The van der Waals surface area contributed by atoms with Crippen LogP contribution in [0, 0.1) is 5.92 Å². The summed E-state index contributed by atoms with van der Waals surface area (Å²) in [5, 5.41) is 0. The Morgan fingerprint density at radius 3 is 2.43 bits per heavy atom. The van der Waals surface area contributed by atoms with Gasteiger partial charge in [0.25, 0.3) is 0 Å². The minimum absolute atomic E-state index is 0.136. The van der Waals surface area contributed by atoms with E-state index in [4.69, 9.17) is 0 Å². The lowest BCUT2D eigenvalue weighted by Gasteiger charge is -2.19. The van der Waals surface area contributed by atoms with E-state index in [1.807, 2.05) is 0 Å². The van der Waals surface area contributed by atoms with Crippen molar-refractivity contribution in [1.82, 2.24) is 4.90 Å². The van der Waals surface area contributed by atoms with E-state index in [1.165, 1.54) is 18.7 Å². The van der Waals surface area contributed by atoms with Crippen molar-refractivity contribution in [2.45, 2.75) is 33.1 Å². The van der Waals surface area contributed by atoms with E-state index in [2.05, 4.69) is 0 Å². The van der Waals surface area contributed by atoms with Gasteiger partial charge in [0, 0.05) is 13.5 Å². The number of rotatable bonds is 1. The second-order valence-corrected chi connectivity index (χ2v) is 3.67. The highest BCUT2D eigenvalue weighted by Gasteiger charge is 2.31. The Bertz CT molecular complexity index is 247. The lowest BCUT2D eigenvalue weighted by Crippen LogP contribution is -2.40. The molecule has 1 aliphatic rings. The average molecular weight is 197 g/mol. The maximum absolute atomic E-state index is 11.7. The van der Waals surface area contributed by atoms with Gasteiger partial charge in [-0.1, -0.05) is 6.42 Å². The van der Waals surface area contributed by atoms with E-state index in [1.54, 1.807) is 0 Å². The van der Waals surface area contributed by atoms with Crippen molar-refractivity contribution in [2.75, 3.05) is 6.54 Å². The number of amides is 2. The Balaban J connectivity index is 2.84. The van der Waals surface area contributed by atoms with Crippen LogP contribution in [0.1, 0.15) is 33.1 Å². The van der Waals surface area contributed by atoms with E-state index in [0.717, 1.165) is 12.8 Å². The fraction of sp³-hybridized carbons (Fsp3) is 0.700. The highest BCUT2D eigenvalue weighted by Crippen LogP contribution is 2.18. The Morgan fingerprint density at radius 2 is 1.93 bits per heavy atom. The second kappa shape index (κ2) is 4.35. The molecule has 0 aromatic carbocycles. The summed E-state index contributed by atoms with van der Waals surface area (Å²) in [5.41, 5.74) is 0. The second-order valence-electron chi connectivity index (χ2n) is 3.67. The Labute approximate surface area is 83.3 Å². The molecule has 1 atom stereocenters. The van der Waals surface area contributed by atoms with Crippen LogP contribution in [0.25, 0.3) is 0 Å². The van der Waals surface area contributed by atoms with Gasteiger partial charge >= 0.3 is 0 Å². The van der Waals surface area contributed by atoms with Gasteiger partial charge < -0.3 is 0 Å². The smallest absolute Gasteiger partial charge is 0.239 e. The molecule has 4 heteroatoms. The molecule has 0 bridgehead atoms. The number of imide groups is 1. The molecule has 0 radical (unpaired) electrons. The van der Waals surface area contributed by atoms with E-state index in [9.17, 15) is 14.4 Å². The molecule has 0 aliphatic carbocycles. The van der Waals surface area contributed by atoms with Crippen molar-refractivity contribution in [1.29, 1.82) is 0 Å². The first kappa shape index (κ1) is 10.9. The van der Waals surface area contributed by atoms with Gasteiger partial charge in [-0.25, -0.2) is 0 Å². The van der Waals surface area contributed by atoms with Crippen LogP contribution in [0.4, 0.5) is 0 Å². The molecular weight excluding hydrogens is 182 g/mol. The third-order valence-corrected chi connectivity index (χ3v) is 2.56. The minimum atomic E-state index is -0.596. The summed E-state index contributed by atoms with van der Waals surface area (Å²) in [5.74, 6) is -1.31. The topological polar surface area (TPSA) is 54.5 Å². The van der Waals surface area contributed by atoms with Gasteiger partial charge in [0.2, 0.25) is 11.8 Å². The Morgan fingerprint density at radius 1 is 1.29 bits per heavy atom. The molecule has 14 heavy (non-hydrogen) atoms. The van der Waals surface area contributed by atoms with Crippen molar-refractivity contribution >= 4 is 17.6 Å². The largest absolute Gasteiger partial charge is 0.299 e. The van der Waals surface area contributed by atoms with Gasteiger partial charge in [-0.05, 0) is 19.8 Å². The quantitative estimate of drug-likeness (QED) is 0.583. The van der Waals surface area contributed by atoms with Crippen molar-refractivity contribution in [3.63, 3.8) is 0 Å². The summed E-state index contributed by atoms with van der Waals surface area (Å²) < 4.78 is 0. The lowest BCUT2D eigenvalue weighted by molar-refractivity contribution is -0.147. The van der Waals surface area contributed by atoms with E-state index in [0.29, 0.717) is 13.0 Å². The number of ketones is 1. The first-order valence-corrected chi connectivity index (χ1v) is 4.86. The zero-order valence-corrected chi connectivity index (χ0v) is 8.58.